The molecule has 0 radical (unpaired) electrons. The molecule has 1 aliphatic carbocycles. The summed E-state index contributed by atoms with van der Waals surface area (Å²) in [6.07, 6.45) is 8.64. The molecule has 5 heteroatoms. The molecule has 4 aliphatic rings. The minimum atomic E-state index is -0.00301. The highest BCUT2D eigenvalue weighted by Gasteiger charge is 2.62. The lowest BCUT2D eigenvalue weighted by molar-refractivity contribution is 0.000542. The number of carbonyl (C=O) groups is 1. The second-order valence-corrected chi connectivity index (χ2v) is 8.87. The van der Waals surface area contributed by atoms with Gasteiger partial charge in [0.15, 0.2) is 0 Å². The number of aryl methyl sites for hydroxylation is 1. The number of nitrogens with one attached hydrogen (secondary N) is 1. The molecular weight excluding hydrogens is 326 g/mol. The molecule has 3 aliphatic heterocycles. The molecule has 3 saturated heterocycles. The zero-order chi connectivity index (χ0) is 17.7. The van der Waals surface area contributed by atoms with Crippen LogP contribution in [0.15, 0.2) is 18.3 Å². The van der Waals surface area contributed by atoms with Crippen LogP contribution < -0.4 is 5.32 Å². The van der Waals surface area contributed by atoms with Crippen molar-refractivity contribution in [2.75, 3.05) is 26.2 Å². The number of likely N-dealkylation sites (tertiary alicyclic amines) is 1. The lowest BCUT2D eigenvalue weighted by Crippen LogP contribution is -2.42. The van der Waals surface area contributed by atoms with Gasteiger partial charge in [0.2, 0.25) is 0 Å². The molecule has 5 nitrogen and oxygen atoms in total. The predicted octanol–water partition coefficient (Wildman–Crippen LogP) is 2.40. The van der Waals surface area contributed by atoms with E-state index in [9.17, 15) is 4.79 Å². The molecule has 1 aromatic rings. The Morgan fingerprint density at radius 1 is 1.42 bits per heavy atom. The van der Waals surface area contributed by atoms with E-state index >= 15 is 0 Å². The van der Waals surface area contributed by atoms with Crippen LogP contribution in [0.25, 0.3) is 0 Å². The van der Waals surface area contributed by atoms with Crippen molar-refractivity contribution in [2.24, 2.45) is 17.8 Å². The van der Waals surface area contributed by atoms with E-state index in [-0.39, 0.29) is 11.5 Å². The predicted molar refractivity (Wildman–Crippen MR) is 98.9 cm³/mol. The Morgan fingerprint density at radius 3 is 3.08 bits per heavy atom. The van der Waals surface area contributed by atoms with Gasteiger partial charge in [0.1, 0.15) is 0 Å². The van der Waals surface area contributed by atoms with Gasteiger partial charge < -0.3 is 10.1 Å². The third kappa shape index (κ3) is 2.67. The van der Waals surface area contributed by atoms with Crippen LogP contribution >= 0.6 is 0 Å². The summed E-state index contributed by atoms with van der Waals surface area (Å²) in [5, 5.41) is 3.18. The molecule has 1 spiro atoms. The second kappa shape index (κ2) is 6.31. The third-order valence-corrected chi connectivity index (χ3v) is 7.35. The highest BCUT2D eigenvalue weighted by molar-refractivity contribution is 5.95. The maximum atomic E-state index is 12.6. The van der Waals surface area contributed by atoms with Gasteiger partial charge in [-0.15, -0.1) is 0 Å². The summed E-state index contributed by atoms with van der Waals surface area (Å²) in [5.41, 5.74) is 1.55. The van der Waals surface area contributed by atoms with Crippen LogP contribution in [0, 0.1) is 24.7 Å². The monoisotopic (exact) mass is 355 g/mol. The number of hydrogen-bond donors (Lipinski definition) is 1. The molecule has 4 atom stereocenters. The number of hydrogen-bond acceptors (Lipinski definition) is 4. The topological polar surface area (TPSA) is 54.5 Å². The first kappa shape index (κ1) is 16.7. The maximum absolute atomic E-state index is 12.6. The van der Waals surface area contributed by atoms with Crippen molar-refractivity contribution in [1.29, 1.82) is 0 Å². The number of aromatic nitrogens is 1. The number of nitrogens with zero attached hydrogens (tertiary/aromatic N) is 2. The van der Waals surface area contributed by atoms with Crippen LogP contribution in [0.2, 0.25) is 0 Å². The molecule has 4 heterocycles. The summed E-state index contributed by atoms with van der Waals surface area (Å²) in [6, 6.07) is 3.68. The molecular formula is C21H29N3O2. The minimum Gasteiger partial charge on any atom is -0.370 e. The first-order valence-electron chi connectivity index (χ1n) is 10.2. The molecule has 1 N–H and O–H groups in total. The maximum Gasteiger partial charge on any atom is 0.253 e. The van der Waals surface area contributed by atoms with Crippen molar-refractivity contribution in [3.63, 3.8) is 0 Å². The molecule has 0 unspecified atom stereocenters. The Bertz CT molecular complexity index is 704. The van der Waals surface area contributed by atoms with Crippen LogP contribution in [0.4, 0.5) is 0 Å². The Labute approximate surface area is 155 Å². The molecule has 5 rings (SSSR count). The molecule has 1 saturated carbocycles. The fourth-order valence-corrected chi connectivity index (χ4v) is 5.77. The Hall–Kier alpha value is -1.46. The number of amides is 1. The standard InChI is InChI=1S/C21H29N3O2/c1-14-16(6-3-9-22-14)20(25)23-10-17-18-12-24(11-15-4-2-5-15)13-21(18)8-7-19(17)26-21/h3,6,9,15,17-19H,2,4-5,7-8,10-13H2,1H3,(H,23,25)/t17-,18+,19+,21+/m0/s1. The number of fused-ring (bicyclic) bond motifs is 1. The summed E-state index contributed by atoms with van der Waals surface area (Å²) in [6.45, 7) is 6.12. The quantitative estimate of drug-likeness (QED) is 0.881. The highest BCUT2D eigenvalue weighted by Crippen LogP contribution is 2.54. The minimum absolute atomic E-state index is 0.00301. The smallest absolute Gasteiger partial charge is 0.253 e. The number of ether oxygens (including phenoxy) is 1. The first-order valence-corrected chi connectivity index (χ1v) is 10.2. The van der Waals surface area contributed by atoms with E-state index in [2.05, 4.69) is 15.2 Å². The summed E-state index contributed by atoms with van der Waals surface area (Å²) in [7, 11) is 0. The summed E-state index contributed by atoms with van der Waals surface area (Å²) < 4.78 is 6.52. The van der Waals surface area contributed by atoms with Crippen molar-refractivity contribution >= 4 is 5.91 Å². The summed E-state index contributed by atoms with van der Waals surface area (Å²) in [4.78, 5) is 19.5. The average Bonchev–Trinajstić information content (AvgIpc) is 3.24. The van der Waals surface area contributed by atoms with E-state index in [1.54, 1.807) is 6.20 Å². The molecule has 140 valence electrons. The van der Waals surface area contributed by atoms with E-state index in [1.165, 1.54) is 32.2 Å². The number of rotatable bonds is 5. The number of pyridine rings is 1. The van der Waals surface area contributed by atoms with Crippen molar-refractivity contribution in [3.05, 3.63) is 29.6 Å². The third-order valence-electron chi connectivity index (χ3n) is 7.35. The van der Waals surface area contributed by atoms with Gasteiger partial charge in [-0.2, -0.15) is 0 Å². The van der Waals surface area contributed by atoms with Crippen molar-refractivity contribution in [3.8, 4) is 0 Å². The van der Waals surface area contributed by atoms with Gasteiger partial charge in [0.25, 0.3) is 5.91 Å². The van der Waals surface area contributed by atoms with E-state index in [0.717, 1.165) is 37.7 Å². The summed E-state index contributed by atoms with van der Waals surface area (Å²) in [5.74, 6) is 1.94. The van der Waals surface area contributed by atoms with Crippen LogP contribution in [0.3, 0.4) is 0 Å². The van der Waals surface area contributed by atoms with Crippen LogP contribution in [-0.2, 0) is 4.74 Å². The van der Waals surface area contributed by atoms with Crippen LogP contribution in [0.5, 0.6) is 0 Å². The van der Waals surface area contributed by atoms with Gasteiger partial charge in [0.05, 0.1) is 17.3 Å². The summed E-state index contributed by atoms with van der Waals surface area (Å²) >= 11 is 0. The van der Waals surface area contributed by atoms with E-state index < -0.39 is 0 Å². The Kier molecular flexibility index (Phi) is 4.05. The van der Waals surface area contributed by atoms with Crippen LogP contribution in [0.1, 0.15) is 48.2 Å². The van der Waals surface area contributed by atoms with Gasteiger partial charge in [-0.3, -0.25) is 14.7 Å². The molecule has 1 amide bonds. The molecule has 1 aromatic heterocycles. The normalized spacial score (nSPS) is 36.1. The molecule has 2 bridgehead atoms. The zero-order valence-electron chi connectivity index (χ0n) is 15.6. The Balaban J connectivity index is 1.24. The van der Waals surface area contributed by atoms with Gasteiger partial charge in [-0.05, 0) is 50.7 Å². The van der Waals surface area contributed by atoms with Crippen molar-refractivity contribution in [1.82, 2.24) is 15.2 Å². The second-order valence-electron chi connectivity index (χ2n) is 8.87. The van der Waals surface area contributed by atoms with E-state index in [0.29, 0.717) is 23.5 Å². The lowest BCUT2D eigenvalue weighted by Gasteiger charge is -2.31. The Morgan fingerprint density at radius 2 is 2.31 bits per heavy atom. The molecule has 26 heavy (non-hydrogen) atoms. The average molecular weight is 355 g/mol. The molecule has 0 aromatic carbocycles. The van der Waals surface area contributed by atoms with E-state index in [4.69, 9.17) is 4.74 Å². The van der Waals surface area contributed by atoms with Crippen molar-refractivity contribution < 1.29 is 9.53 Å². The lowest BCUT2D eigenvalue weighted by atomic mass is 9.73. The van der Waals surface area contributed by atoms with Crippen LogP contribution in [-0.4, -0.2) is 53.7 Å². The fourth-order valence-electron chi connectivity index (χ4n) is 5.77. The fraction of sp³-hybridized carbons (Fsp3) is 0.714. The SMILES string of the molecule is Cc1ncccc1C(=O)NC[C@H]1[C@H]2CN(CC3CCC3)C[C@]23CC[C@H]1O3. The highest BCUT2D eigenvalue weighted by atomic mass is 16.5. The zero-order valence-corrected chi connectivity index (χ0v) is 15.6. The van der Waals surface area contributed by atoms with Crippen molar-refractivity contribution in [2.45, 2.75) is 50.7 Å². The van der Waals surface area contributed by atoms with Gasteiger partial charge in [-0.1, -0.05) is 6.42 Å². The van der Waals surface area contributed by atoms with Gasteiger partial charge in [-0.25, -0.2) is 0 Å². The molecule has 4 fully saturated rings. The first-order chi connectivity index (χ1) is 12.6. The largest absolute Gasteiger partial charge is 0.370 e. The van der Waals surface area contributed by atoms with Gasteiger partial charge >= 0.3 is 0 Å². The van der Waals surface area contributed by atoms with Gasteiger partial charge in [0, 0.05) is 49.9 Å². The van der Waals surface area contributed by atoms with E-state index in [1.807, 2.05) is 19.1 Å². The number of carbonyl (C=O) groups excluding carboxylic acids is 1.